The molecule has 1 atom stereocenters. The van der Waals surface area contributed by atoms with E-state index in [1.807, 2.05) is 0 Å². The minimum atomic E-state index is 0. The molecule has 0 bridgehead atoms. The summed E-state index contributed by atoms with van der Waals surface area (Å²) in [6, 6.07) is 15.0. The van der Waals surface area contributed by atoms with Gasteiger partial charge in [0.2, 0.25) is 0 Å². The lowest BCUT2D eigenvalue weighted by Crippen LogP contribution is -2.36. The van der Waals surface area contributed by atoms with Crippen LogP contribution in [0.15, 0.2) is 59.6 Å². The second kappa shape index (κ2) is 12.1. The van der Waals surface area contributed by atoms with Gasteiger partial charge in [0, 0.05) is 50.9 Å². The molecule has 172 valence electrons. The van der Waals surface area contributed by atoms with Gasteiger partial charge in [0.15, 0.2) is 5.96 Å². The summed E-state index contributed by atoms with van der Waals surface area (Å²) < 4.78 is 11.7. The molecule has 0 amide bonds. The van der Waals surface area contributed by atoms with Crippen molar-refractivity contribution >= 4 is 35.6 Å². The molecule has 2 aliphatic rings. The minimum Gasteiger partial charge on any atom is -0.488 e. The largest absolute Gasteiger partial charge is 0.488 e. The van der Waals surface area contributed by atoms with Gasteiger partial charge in [0.05, 0.1) is 13.2 Å². The SMILES string of the molecule is CN=C(NCc1ccc(N2CC=CC2)cc1)NCc1ccc(C)cc1OC1CCOC1.I. The zero-order chi connectivity index (χ0) is 21.5. The fourth-order valence-corrected chi connectivity index (χ4v) is 3.80. The summed E-state index contributed by atoms with van der Waals surface area (Å²) in [4.78, 5) is 6.71. The van der Waals surface area contributed by atoms with Gasteiger partial charge in [-0.15, -0.1) is 24.0 Å². The number of anilines is 1. The smallest absolute Gasteiger partial charge is 0.191 e. The molecule has 1 saturated heterocycles. The fourth-order valence-electron chi connectivity index (χ4n) is 3.80. The van der Waals surface area contributed by atoms with E-state index in [2.05, 4.69) is 82.1 Å². The van der Waals surface area contributed by atoms with Gasteiger partial charge < -0.3 is 25.0 Å². The van der Waals surface area contributed by atoms with Crippen LogP contribution in [-0.2, 0) is 17.8 Å². The monoisotopic (exact) mass is 548 g/mol. The van der Waals surface area contributed by atoms with E-state index in [1.54, 1.807) is 7.05 Å². The van der Waals surface area contributed by atoms with Crippen LogP contribution in [0.3, 0.4) is 0 Å². The third kappa shape index (κ3) is 6.62. The summed E-state index contributed by atoms with van der Waals surface area (Å²) in [6.45, 7) is 6.87. The van der Waals surface area contributed by atoms with Gasteiger partial charge in [0.25, 0.3) is 0 Å². The maximum atomic E-state index is 6.20. The molecule has 2 aromatic rings. The highest BCUT2D eigenvalue weighted by Crippen LogP contribution is 2.24. The number of aryl methyl sites for hydroxylation is 1. The Morgan fingerprint density at radius 3 is 2.53 bits per heavy atom. The third-order valence-corrected chi connectivity index (χ3v) is 5.65. The lowest BCUT2D eigenvalue weighted by molar-refractivity contribution is 0.140. The Morgan fingerprint density at radius 2 is 1.84 bits per heavy atom. The summed E-state index contributed by atoms with van der Waals surface area (Å²) in [5, 5.41) is 6.81. The first kappa shape index (κ1) is 24.4. The first-order valence-corrected chi connectivity index (χ1v) is 11.0. The zero-order valence-electron chi connectivity index (χ0n) is 18.8. The Bertz CT molecular complexity index is 916. The van der Waals surface area contributed by atoms with Crippen LogP contribution in [0.4, 0.5) is 5.69 Å². The molecule has 0 radical (unpaired) electrons. The molecule has 1 unspecified atom stereocenters. The number of nitrogens with zero attached hydrogens (tertiary/aromatic N) is 2. The van der Waals surface area contributed by atoms with Crippen LogP contribution in [0.2, 0.25) is 0 Å². The number of guanidine groups is 1. The number of hydrogen-bond acceptors (Lipinski definition) is 4. The predicted molar refractivity (Wildman–Crippen MR) is 141 cm³/mol. The highest BCUT2D eigenvalue weighted by Gasteiger charge is 2.18. The van der Waals surface area contributed by atoms with Crippen molar-refractivity contribution in [3.05, 3.63) is 71.3 Å². The Morgan fingerprint density at radius 1 is 1.09 bits per heavy atom. The number of rotatable bonds is 7. The number of benzene rings is 2. The van der Waals surface area contributed by atoms with Crippen molar-refractivity contribution < 1.29 is 9.47 Å². The first-order chi connectivity index (χ1) is 15.2. The fraction of sp³-hybridized carbons (Fsp3) is 0.400. The Hall–Kier alpha value is -2.26. The van der Waals surface area contributed by atoms with E-state index in [1.165, 1.54) is 16.8 Å². The van der Waals surface area contributed by atoms with E-state index >= 15 is 0 Å². The highest BCUT2D eigenvalue weighted by molar-refractivity contribution is 14.0. The average molecular weight is 548 g/mol. The Kier molecular flexibility index (Phi) is 9.23. The van der Waals surface area contributed by atoms with E-state index in [0.29, 0.717) is 13.2 Å². The van der Waals surface area contributed by atoms with Crippen molar-refractivity contribution in [1.29, 1.82) is 0 Å². The van der Waals surface area contributed by atoms with Gasteiger partial charge >= 0.3 is 0 Å². The molecular weight excluding hydrogens is 515 g/mol. The van der Waals surface area contributed by atoms with Gasteiger partial charge in [0.1, 0.15) is 11.9 Å². The molecule has 2 N–H and O–H groups in total. The van der Waals surface area contributed by atoms with Crippen molar-refractivity contribution in [2.24, 2.45) is 4.99 Å². The quantitative estimate of drug-likeness (QED) is 0.237. The topological polar surface area (TPSA) is 58.1 Å². The van der Waals surface area contributed by atoms with Gasteiger partial charge in [-0.25, -0.2) is 0 Å². The van der Waals surface area contributed by atoms with E-state index in [4.69, 9.17) is 9.47 Å². The van der Waals surface area contributed by atoms with Crippen LogP contribution >= 0.6 is 24.0 Å². The van der Waals surface area contributed by atoms with Crippen LogP contribution in [0.1, 0.15) is 23.1 Å². The van der Waals surface area contributed by atoms with Crippen molar-refractivity contribution in [3.63, 3.8) is 0 Å². The second-order valence-corrected chi connectivity index (χ2v) is 8.04. The van der Waals surface area contributed by atoms with Crippen LogP contribution in [0.25, 0.3) is 0 Å². The molecule has 2 heterocycles. The molecular formula is C25H33IN4O2. The standard InChI is InChI=1S/C25H32N4O2.HI/c1-19-5-8-21(24(15-19)31-23-11-14-30-18-23)17-28-25(26-2)27-16-20-6-9-22(10-7-20)29-12-3-4-13-29;/h3-10,15,23H,11-14,16-18H2,1-2H3,(H2,26,27,28);1H. The molecule has 4 rings (SSSR count). The van der Waals surface area contributed by atoms with E-state index < -0.39 is 0 Å². The van der Waals surface area contributed by atoms with E-state index in [9.17, 15) is 0 Å². The van der Waals surface area contributed by atoms with E-state index in [-0.39, 0.29) is 30.1 Å². The van der Waals surface area contributed by atoms with Crippen LogP contribution in [-0.4, -0.2) is 45.4 Å². The van der Waals surface area contributed by atoms with Crippen molar-refractivity contribution in [2.45, 2.75) is 32.5 Å². The Labute approximate surface area is 208 Å². The number of ether oxygens (including phenoxy) is 2. The summed E-state index contributed by atoms with van der Waals surface area (Å²) >= 11 is 0. The molecule has 2 aromatic carbocycles. The first-order valence-electron chi connectivity index (χ1n) is 11.0. The van der Waals surface area contributed by atoms with Crippen LogP contribution < -0.4 is 20.3 Å². The van der Waals surface area contributed by atoms with Crippen LogP contribution in [0, 0.1) is 6.92 Å². The molecule has 0 aromatic heterocycles. The lowest BCUT2D eigenvalue weighted by atomic mass is 10.1. The number of aliphatic imine (C=N–C) groups is 1. The molecule has 7 heteroatoms. The molecule has 1 fully saturated rings. The third-order valence-electron chi connectivity index (χ3n) is 5.65. The molecule has 32 heavy (non-hydrogen) atoms. The lowest BCUT2D eigenvalue weighted by Gasteiger charge is -2.19. The van der Waals surface area contributed by atoms with Gasteiger partial charge in [-0.2, -0.15) is 0 Å². The molecule has 0 spiro atoms. The molecule has 0 aliphatic carbocycles. The predicted octanol–water partition coefficient (Wildman–Crippen LogP) is 4.02. The maximum Gasteiger partial charge on any atom is 0.191 e. The van der Waals surface area contributed by atoms with Crippen molar-refractivity contribution in [3.8, 4) is 5.75 Å². The average Bonchev–Trinajstić information content (AvgIpc) is 3.50. The van der Waals surface area contributed by atoms with Crippen LogP contribution in [0.5, 0.6) is 5.75 Å². The molecule has 2 aliphatic heterocycles. The zero-order valence-corrected chi connectivity index (χ0v) is 21.2. The number of halogens is 1. The number of nitrogens with one attached hydrogen (secondary N) is 2. The molecule has 0 saturated carbocycles. The second-order valence-electron chi connectivity index (χ2n) is 8.04. The van der Waals surface area contributed by atoms with E-state index in [0.717, 1.165) is 49.9 Å². The summed E-state index contributed by atoms with van der Waals surface area (Å²) in [6.07, 6.45) is 5.49. The highest BCUT2D eigenvalue weighted by atomic mass is 127. The van der Waals surface area contributed by atoms with Gasteiger partial charge in [-0.3, -0.25) is 4.99 Å². The maximum absolute atomic E-state index is 6.20. The Balaban J connectivity index is 0.00000289. The summed E-state index contributed by atoms with van der Waals surface area (Å²) in [7, 11) is 1.79. The van der Waals surface area contributed by atoms with Crippen molar-refractivity contribution in [1.82, 2.24) is 10.6 Å². The van der Waals surface area contributed by atoms with Crippen molar-refractivity contribution in [2.75, 3.05) is 38.3 Å². The van der Waals surface area contributed by atoms with Gasteiger partial charge in [-0.05, 0) is 36.2 Å². The minimum absolute atomic E-state index is 0. The summed E-state index contributed by atoms with van der Waals surface area (Å²) in [5.74, 6) is 1.69. The normalized spacial score (nSPS) is 17.9. The number of hydrogen-bond donors (Lipinski definition) is 2. The molecule has 6 nitrogen and oxygen atoms in total. The van der Waals surface area contributed by atoms with Gasteiger partial charge in [-0.1, -0.05) is 36.4 Å². The summed E-state index contributed by atoms with van der Waals surface area (Å²) in [5.41, 5.74) is 4.78.